The number of likely N-dealkylation sites (tertiary alicyclic amines) is 1. The summed E-state index contributed by atoms with van der Waals surface area (Å²) in [6.07, 6.45) is 1.12. The van der Waals surface area contributed by atoms with Crippen LogP contribution in [0.1, 0.15) is 39.2 Å². The first-order valence-electron chi connectivity index (χ1n) is 8.35. The zero-order chi connectivity index (χ0) is 18.8. The molecule has 0 aliphatic carbocycles. The van der Waals surface area contributed by atoms with E-state index in [1.165, 1.54) is 18.2 Å². The van der Waals surface area contributed by atoms with E-state index >= 15 is 0 Å². The summed E-state index contributed by atoms with van der Waals surface area (Å²) >= 11 is 0. The van der Waals surface area contributed by atoms with Crippen LogP contribution in [0.15, 0.2) is 18.2 Å². The number of carbonyl (C=O) groups is 2. The molecule has 1 aromatic rings. The maximum Gasteiger partial charge on any atom is 0.314 e. The molecule has 1 fully saturated rings. The van der Waals surface area contributed by atoms with Gasteiger partial charge in [-0.3, -0.25) is 19.7 Å². The van der Waals surface area contributed by atoms with E-state index in [4.69, 9.17) is 4.74 Å². The summed E-state index contributed by atoms with van der Waals surface area (Å²) in [7, 11) is 0. The van der Waals surface area contributed by atoms with Crippen molar-refractivity contribution in [1.82, 2.24) is 4.90 Å². The summed E-state index contributed by atoms with van der Waals surface area (Å²) in [5.74, 6) is -0.220. The molecule has 0 unspecified atom stereocenters. The average molecular weight is 348 g/mol. The molecule has 136 valence electrons. The highest BCUT2D eigenvalue weighted by Gasteiger charge is 2.33. The van der Waals surface area contributed by atoms with Gasteiger partial charge in [0.15, 0.2) is 0 Å². The molecule has 1 heterocycles. The molecule has 0 N–H and O–H groups in total. The third-order valence-corrected chi connectivity index (χ3v) is 4.34. The van der Waals surface area contributed by atoms with Crippen molar-refractivity contribution in [2.24, 2.45) is 11.3 Å². The maximum absolute atomic E-state index is 12.3. The fraction of sp³-hybridized carbons (Fsp3) is 0.556. The Morgan fingerprint density at radius 1 is 1.24 bits per heavy atom. The minimum atomic E-state index is -0.469. The number of nitro groups is 1. The van der Waals surface area contributed by atoms with Crippen LogP contribution in [-0.4, -0.2) is 34.8 Å². The van der Waals surface area contributed by atoms with E-state index in [0.29, 0.717) is 37.2 Å². The van der Waals surface area contributed by atoms with Crippen LogP contribution >= 0.6 is 0 Å². The summed E-state index contributed by atoms with van der Waals surface area (Å²) in [5, 5.41) is 10.8. The summed E-state index contributed by atoms with van der Waals surface area (Å²) in [4.78, 5) is 36.7. The normalized spacial score (nSPS) is 15.8. The van der Waals surface area contributed by atoms with Crippen molar-refractivity contribution in [3.8, 4) is 5.75 Å². The van der Waals surface area contributed by atoms with Crippen molar-refractivity contribution in [1.29, 1.82) is 0 Å². The number of piperidine rings is 1. The smallest absolute Gasteiger partial charge is 0.314 e. The van der Waals surface area contributed by atoms with Gasteiger partial charge in [-0.25, -0.2) is 0 Å². The number of nitrogens with zero attached hydrogens (tertiary/aromatic N) is 2. The molecular formula is C18H24N2O5. The first kappa shape index (κ1) is 18.9. The van der Waals surface area contributed by atoms with Gasteiger partial charge in [0.25, 0.3) is 5.69 Å². The van der Waals surface area contributed by atoms with Gasteiger partial charge in [0.1, 0.15) is 5.75 Å². The van der Waals surface area contributed by atoms with Crippen molar-refractivity contribution in [2.45, 2.75) is 40.5 Å². The highest BCUT2D eigenvalue weighted by atomic mass is 16.6. The van der Waals surface area contributed by atoms with Crippen molar-refractivity contribution < 1.29 is 19.2 Å². The van der Waals surface area contributed by atoms with Crippen LogP contribution in [0, 0.1) is 28.4 Å². The standard InChI is InChI=1S/C18H24N2O5/c1-12-11-14(5-6-15(12)20(23)24)25-16(21)13-7-9-19(10-8-13)17(22)18(2,3)4/h5-6,11,13H,7-10H2,1-4H3. The Balaban J connectivity index is 1.94. The second kappa shape index (κ2) is 7.21. The van der Waals surface area contributed by atoms with E-state index in [1.807, 2.05) is 20.8 Å². The first-order valence-corrected chi connectivity index (χ1v) is 8.35. The van der Waals surface area contributed by atoms with Crippen LogP contribution in [0.25, 0.3) is 0 Å². The molecule has 0 spiro atoms. The molecule has 0 saturated carbocycles. The van der Waals surface area contributed by atoms with Crippen LogP contribution in [0.5, 0.6) is 5.75 Å². The Bertz CT molecular complexity index is 685. The predicted molar refractivity (Wildman–Crippen MR) is 92.2 cm³/mol. The Kier molecular flexibility index (Phi) is 5.45. The van der Waals surface area contributed by atoms with Gasteiger partial charge in [0.2, 0.25) is 5.91 Å². The molecule has 1 aliphatic rings. The number of hydrogen-bond acceptors (Lipinski definition) is 5. The molecule has 2 rings (SSSR count). The molecule has 0 aromatic heterocycles. The van der Waals surface area contributed by atoms with Gasteiger partial charge in [-0.1, -0.05) is 20.8 Å². The average Bonchev–Trinajstić information content (AvgIpc) is 2.53. The van der Waals surface area contributed by atoms with Gasteiger partial charge in [0, 0.05) is 30.1 Å². The Morgan fingerprint density at radius 3 is 2.32 bits per heavy atom. The summed E-state index contributed by atoms with van der Waals surface area (Å²) < 4.78 is 5.37. The second-order valence-electron chi connectivity index (χ2n) is 7.44. The number of carbonyl (C=O) groups excluding carboxylic acids is 2. The largest absolute Gasteiger partial charge is 0.426 e. The second-order valence-corrected chi connectivity index (χ2v) is 7.44. The van der Waals surface area contributed by atoms with E-state index in [2.05, 4.69) is 0 Å². The molecule has 0 atom stereocenters. The zero-order valence-electron chi connectivity index (χ0n) is 15.1. The van der Waals surface area contributed by atoms with E-state index in [9.17, 15) is 19.7 Å². The van der Waals surface area contributed by atoms with E-state index < -0.39 is 10.3 Å². The molecule has 1 aromatic carbocycles. The molecule has 1 saturated heterocycles. The maximum atomic E-state index is 12.3. The van der Waals surface area contributed by atoms with Crippen LogP contribution in [-0.2, 0) is 9.59 Å². The quantitative estimate of drug-likeness (QED) is 0.362. The van der Waals surface area contributed by atoms with Gasteiger partial charge in [-0.05, 0) is 31.9 Å². The number of nitro benzene ring substituents is 1. The van der Waals surface area contributed by atoms with E-state index in [0.717, 1.165) is 0 Å². The molecule has 7 nitrogen and oxygen atoms in total. The minimum absolute atomic E-state index is 0.00574. The van der Waals surface area contributed by atoms with Crippen molar-refractivity contribution in [2.75, 3.05) is 13.1 Å². The molecule has 1 aliphatic heterocycles. The van der Waals surface area contributed by atoms with Crippen molar-refractivity contribution >= 4 is 17.6 Å². The number of ether oxygens (including phenoxy) is 1. The highest BCUT2D eigenvalue weighted by molar-refractivity contribution is 5.82. The van der Waals surface area contributed by atoms with Gasteiger partial charge in [-0.2, -0.15) is 0 Å². The SMILES string of the molecule is Cc1cc(OC(=O)C2CCN(C(=O)C(C)(C)C)CC2)ccc1[N+](=O)[O-]. The van der Waals surface area contributed by atoms with E-state index in [-0.39, 0.29) is 23.5 Å². The lowest BCUT2D eigenvalue weighted by molar-refractivity contribution is -0.385. The van der Waals surface area contributed by atoms with Gasteiger partial charge >= 0.3 is 5.97 Å². The lowest BCUT2D eigenvalue weighted by Gasteiger charge is -2.34. The third-order valence-electron chi connectivity index (χ3n) is 4.34. The van der Waals surface area contributed by atoms with Crippen molar-refractivity contribution in [3.63, 3.8) is 0 Å². The molecular weight excluding hydrogens is 324 g/mol. The summed E-state index contributed by atoms with van der Waals surface area (Å²) in [6.45, 7) is 8.32. The number of aryl methyl sites for hydroxylation is 1. The summed E-state index contributed by atoms with van der Waals surface area (Å²) in [5.41, 5.74) is 0.0126. The lowest BCUT2D eigenvalue weighted by Crippen LogP contribution is -2.45. The predicted octanol–water partition coefficient (Wildman–Crippen LogP) is 3.09. The van der Waals surface area contributed by atoms with Crippen LogP contribution < -0.4 is 4.74 Å². The Hall–Kier alpha value is -2.44. The van der Waals surface area contributed by atoms with Gasteiger partial charge < -0.3 is 9.64 Å². The number of esters is 1. The Morgan fingerprint density at radius 2 is 1.84 bits per heavy atom. The fourth-order valence-corrected chi connectivity index (χ4v) is 2.89. The highest BCUT2D eigenvalue weighted by Crippen LogP contribution is 2.27. The number of amides is 1. The molecule has 7 heteroatoms. The molecule has 1 amide bonds. The minimum Gasteiger partial charge on any atom is -0.426 e. The number of benzene rings is 1. The zero-order valence-corrected chi connectivity index (χ0v) is 15.1. The molecule has 0 radical (unpaired) electrons. The van der Waals surface area contributed by atoms with Gasteiger partial charge in [0.05, 0.1) is 10.8 Å². The Labute approximate surface area is 147 Å². The van der Waals surface area contributed by atoms with Crippen molar-refractivity contribution in [3.05, 3.63) is 33.9 Å². The fourth-order valence-electron chi connectivity index (χ4n) is 2.89. The van der Waals surface area contributed by atoms with Crippen LogP contribution in [0.4, 0.5) is 5.69 Å². The van der Waals surface area contributed by atoms with Crippen LogP contribution in [0.3, 0.4) is 0 Å². The van der Waals surface area contributed by atoms with Gasteiger partial charge in [-0.15, -0.1) is 0 Å². The molecule has 0 bridgehead atoms. The lowest BCUT2D eigenvalue weighted by atomic mass is 9.91. The van der Waals surface area contributed by atoms with E-state index in [1.54, 1.807) is 11.8 Å². The number of rotatable bonds is 3. The topological polar surface area (TPSA) is 89.8 Å². The van der Waals surface area contributed by atoms with Crippen LogP contribution in [0.2, 0.25) is 0 Å². The summed E-state index contributed by atoms with van der Waals surface area (Å²) in [6, 6.07) is 4.26. The first-order chi connectivity index (χ1) is 11.6. The molecule has 25 heavy (non-hydrogen) atoms. The third kappa shape index (κ3) is 4.55. The monoisotopic (exact) mass is 348 g/mol. The number of hydrogen-bond donors (Lipinski definition) is 0.